The van der Waals surface area contributed by atoms with E-state index >= 15 is 0 Å². The predicted molar refractivity (Wildman–Crippen MR) is 179 cm³/mol. The van der Waals surface area contributed by atoms with Crippen molar-refractivity contribution in [3.05, 3.63) is 120 Å². The third-order valence-electron chi connectivity index (χ3n) is 8.37. The Morgan fingerprint density at radius 3 is 2.33 bits per heavy atom. The first-order valence-corrected chi connectivity index (χ1v) is 16.6. The first kappa shape index (κ1) is 31.5. The van der Waals surface area contributed by atoms with E-state index in [1.807, 2.05) is 68.6 Å². The van der Waals surface area contributed by atoms with E-state index in [9.17, 15) is 14.3 Å². The largest absolute Gasteiger partial charge is 0.746 e. The number of amides is 1. The van der Waals surface area contributed by atoms with Crippen molar-refractivity contribution in [3.63, 3.8) is 0 Å². The molecule has 6 rings (SSSR count). The van der Waals surface area contributed by atoms with E-state index in [4.69, 9.17) is 9.05 Å². The van der Waals surface area contributed by atoms with Crippen LogP contribution in [0.2, 0.25) is 0 Å². The number of rotatable bonds is 11. The highest BCUT2D eigenvalue weighted by Gasteiger charge is 2.21. The molecule has 1 unspecified atom stereocenters. The number of hydrogen-bond donors (Lipinski definition) is 1. The average molecular weight is 637 g/mol. The van der Waals surface area contributed by atoms with Gasteiger partial charge in [-0.3, -0.25) is 14.3 Å². The summed E-state index contributed by atoms with van der Waals surface area (Å²) in [6.45, 7) is 4.00. The van der Waals surface area contributed by atoms with Crippen molar-refractivity contribution in [2.45, 2.75) is 20.1 Å². The zero-order valence-electron chi connectivity index (χ0n) is 26.4. The van der Waals surface area contributed by atoms with Crippen molar-refractivity contribution in [1.82, 2.24) is 14.9 Å². The molecule has 236 valence electrons. The second kappa shape index (κ2) is 12.7. The predicted octanol–water partition coefficient (Wildman–Crippen LogP) is 6.26. The van der Waals surface area contributed by atoms with Gasteiger partial charge in [0.1, 0.15) is 18.0 Å². The molecule has 0 saturated carbocycles. The number of carbonyl (C=O) groups is 1. The smallest absolute Gasteiger partial charge is 0.320 e. The molecule has 2 heterocycles. The minimum Gasteiger partial charge on any atom is -0.746 e. The van der Waals surface area contributed by atoms with Crippen molar-refractivity contribution in [3.8, 4) is 5.75 Å². The third kappa shape index (κ3) is 6.69. The Labute approximate surface area is 268 Å². The van der Waals surface area contributed by atoms with Crippen molar-refractivity contribution >= 4 is 46.3 Å². The molecule has 6 aromatic rings. The summed E-state index contributed by atoms with van der Waals surface area (Å²) in [5, 5.41) is 6.38. The molecule has 0 saturated heterocycles. The summed E-state index contributed by atoms with van der Waals surface area (Å²) in [6.07, 6.45) is 1.67. The Kier molecular flexibility index (Phi) is 8.68. The maximum absolute atomic E-state index is 13.5. The summed E-state index contributed by atoms with van der Waals surface area (Å²) < 4.78 is 26.0. The van der Waals surface area contributed by atoms with Crippen LogP contribution in [0.4, 0.5) is 0 Å². The number of phosphoric acid groups is 1. The van der Waals surface area contributed by atoms with E-state index in [0.29, 0.717) is 12.2 Å². The van der Waals surface area contributed by atoms with E-state index in [-0.39, 0.29) is 18.3 Å². The Hall–Kier alpha value is -4.53. The molecule has 1 N–H and O–H groups in total. The quantitative estimate of drug-likeness (QED) is 0.133. The lowest BCUT2D eigenvalue weighted by Crippen LogP contribution is -2.44. The molecule has 4 aromatic carbocycles. The van der Waals surface area contributed by atoms with Crippen LogP contribution in [0.25, 0.3) is 32.6 Å². The van der Waals surface area contributed by atoms with Gasteiger partial charge >= 0.3 is 7.82 Å². The number of benzene rings is 4. The lowest BCUT2D eigenvalue weighted by Gasteiger charge is -2.30. The summed E-state index contributed by atoms with van der Waals surface area (Å²) in [5.41, 5.74) is 5.17. The number of fused-ring (bicyclic) bond motifs is 4. The van der Waals surface area contributed by atoms with Gasteiger partial charge in [0, 0.05) is 40.5 Å². The topological polar surface area (TPSA) is 106 Å². The van der Waals surface area contributed by atoms with Gasteiger partial charge in [-0.1, -0.05) is 60.7 Å². The molecule has 10 heteroatoms. The van der Waals surface area contributed by atoms with E-state index in [2.05, 4.69) is 41.1 Å². The van der Waals surface area contributed by atoms with Crippen molar-refractivity contribution in [1.29, 1.82) is 0 Å². The number of likely N-dealkylation sites (N-methyl/N-ethyl adjacent to an activating group) is 1. The SMILES string of the molecule is Cc1c2ccnc(C(=O)NCC[N+](C)(C)Cc3ccccc3)c2cc2c3cc(OP(=O)([O-])OCc4ccccc4)ccc3n(C)c12. The Morgan fingerprint density at radius 1 is 0.913 bits per heavy atom. The van der Waals surface area contributed by atoms with Gasteiger partial charge < -0.3 is 28.3 Å². The molecule has 0 aliphatic carbocycles. The molecule has 0 bridgehead atoms. The number of nitrogens with zero attached hydrogens (tertiary/aromatic N) is 3. The molecule has 0 fully saturated rings. The first-order valence-electron chi connectivity index (χ1n) is 15.1. The van der Waals surface area contributed by atoms with Gasteiger partial charge in [-0.2, -0.15) is 0 Å². The minimum atomic E-state index is -4.65. The molecule has 0 aliphatic heterocycles. The van der Waals surface area contributed by atoms with Gasteiger partial charge in [0.05, 0.1) is 39.3 Å². The third-order valence-corrected chi connectivity index (χ3v) is 9.25. The Morgan fingerprint density at radius 2 is 1.61 bits per heavy atom. The number of aromatic nitrogens is 2. The van der Waals surface area contributed by atoms with E-state index < -0.39 is 7.82 Å². The molecule has 0 radical (unpaired) electrons. The molecule has 1 amide bonds. The second-order valence-electron chi connectivity index (χ2n) is 12.2. The van der Waals surface area contributed by atoms with Crippen LogP contribution in [0.3, 0.4) is 0 Å². The Bertz CT molecular complexity index is 2090. The molecule has 9 nitrogen and oxygen atoms in total. The number of nitrogens with one attached hydrogen (secondary N) is 1. The molecular weight excluding hydrogens is 599 g/mol. The zero-order valence-corrected chi connectivity index (χ0v) is 27.3. The zero-order chi connectivity index (χ0) is 32.5. The van der Waals surface area contributed by atoms with Crippen LogP contribution in [-0.4, -0.2) is 47.1 Å². The average Bonchev–Trinajstić information content (AvgIpc) is 3.31. The maximum Gasteiger partial charge on any atom is 0.320 e. The van der Waals surface area contributed by atoms with Crippen LogP contribution < -0.4 is 14.7 Å². The number of aryl methyl sites for hydroxylation is 2. The second-order valence-corrected chi connectivity index (χ2v) is 13.6. The molecule has 0 spiro atoms. The van der Waals surface area contributed by atoms with Gasteiger partial charge in [0.25, 0.3) is 5.91 Å². The van der Waals surface area contributed by atoms with E-state index in [1.54, 1.807) is 30.5 Å². The van der Waals surface area contributed by atoms with Crippen molar-refractivity contribution in [2.75, 3.05) is 27.2 Å². The summed E-state index contributed by atoms with van der Waals surface area (Å²) in [6, 6.07) is 28.4. The normalized spacial score (nSPS) is 13.2. The Balaban J connectivity index is 1.27. The molecule has 46 heavy (non-hydrogen) atoms. The van der Waals surface area contributed by atoms with Crippen LogP contribution in [0.1, 0.15) is 27.2 Å². The first-order chi connectivity index (χ1) is 22.0. The van der Waals surface area contributed by atoms with E-state index in [0.717, 1.165) is 61.3 Å². The van der Waals surface area contributed by atoms with Crippen molar-refractivity contribution < 1.29 is 27.8 Å². The van der Waals surface area contributed by atoms with Gasteiger partial charge in [0.15, 0.2) is 0 Å². The highest BCUT2D eigenvalue weighted by atomic mass is 31.2. The number of carbonyl (C=O) groups excluding carboxylic acids is 1. The number of phosphoric ester groups is 1. The van der Waals surface area contributed by atoms with Gasteiger partial charge in [-0.15, -0.1) is 0 Å². The van der Waals surface area contributed by atoms with Crippen molar-refractivity contribution in [2.24, 2.45) is 7.05 Å². The maximum atomic E-state index is 13.5. The molecule has 2 aromatic heterocycles. The standard InChI is InChI=1S/C36H37N4O5P/c1-25-29-17-18-37-34(36(41)38-19-20-40(3,4)23-26-11-7-5-8-12-26)31(29)22-32-30-21-28(15-16-33(30)39(2)35(25)32)45-46(42,43)44-24-27-13-9-6-10-14-27/h5-18,21-22H,19-20,23-24H2,1-4H3,(H-,38,41,42,43). The van der Waals surface area contributed by atoms with Crippen LogP contribution in [-0.2, 0) is 29.3 Å². The molecular formula is C36H37N4O5P. The molecule has 1 atom stereocenters. The number of pyridine rings is 1. The number of hydrogen-bond acceptors (Lipinski definition) is 6. The van der Waals surface area contributed by atoms with Crippen LogP contribution in [0.15, 0.2) is 97.2 Å². The molecule has 0 aliphatic rings. The van der Waals surface area contributed by atoms with Crippen LogP contribution in [0.5, 0.6) is 5.75 Å². The summed E-state index contributed by atoms with van der Waals surface area (Å²) in [5.74, 6) is -0.0966. The monoisotopic (exact) mass is 636 g/mol. The van der Waals surface area contributed by atoms with Crippen LogP contribution in [0, 0.1) is 6.92 Å². The van der Waals surface area contributed by atoms with E-state index in [1.165, 1.54) is 5.56 Å². The van der Waals surface area contributed by atoms with Gasteiger partial charge in [0.2, 0.25) is 0 Å². The van der Waals surface area contributed by atoms with Gasteiger partial charge in [-0.05, 0) is 53.8 Å². The fourth-order valence-corrected chi connectivity index (χ4v) is 6.84. The van der Waals surface area contributed by atoms with Crippen LogP contribution >= 0.6 is 7.82 Å². The van der Waals surface area contributed by atoms with Gasteiger partial charge in [-0.25, -0.2) is 0 Å². The fourth-order valence-electron chi connectivity index (χ4n) is 6.10. The summed E-state index contributed by atoms with van der Waals surface area (Å²) >= 11 is 0. The highest BCUT2D eigenvalue weighted by Crippen LogP contribution is 2.43. The highest BCUT2D eigenvalue weighted by molar-refractivity contribution is 7.46. The lowest BCUT2D eigenvalue weighted by atomic mass is 10.00. The number of quaternary nitrogens is 1. The minimum absolute atomic E-state index is 0.120. The lowest BCUT2D eigenvalue weighted by molar-refractivity contribution is -0.902. The fraction of sp³-hybridized carbons (Fsp3) is 0.222. The summed E-state index contributed by atoms with van der Waals surface area (Å²) in [7, 11) is 1.62. The summed E-state index contributed by atoms with van der Waals surface area (Å²) in [4.78, 5) is 30.7.